The van der Waals surface area contributed by atoms with Crippen LogP contribution in [0.4, 0.5) is 22.4 Å². The summed E-state index contributed by atoms with van der Waals surface area (Å²) in [5.41, 5.74) is -4.51. The summed E-state index contributed by atoms with van der Waals surface area (Å²) in [5, 5.41) is 15.2. The average molecular weight is 828 g/mol. The number of allylic oxidation sites excluding steroid dienone is 1. The summed E-state index contributed by atoms with van der Waals surface area (Å²) in [4.78, 5) is 47.8. The quantitative estimate of drug-likeness (QED) is 0.158. The van der Waals surface area contributed by atoms with Gasteiger partial charge in [-0.05, 0) is 57.4 Å². The number of nitrogens with zero attached hydrogens (tertiary/aromatic N) is 2. The molecule has 1 aromatic carbocycles. The number of pyridine rings is 1. The molecule has 2 saturated carbocycles. The number of nitrogens with one attached hydrogen (secondary N) is 3. The zero-order valence-electron chi connectivity index (χ0n) is 32.3. The van der Waals surface area contributed by atoms with Crippen LogP contribution in [0.1, 0.15) is 72.6 Å². The number of aliphatic hydroxyl groups excluding tert-OH is 1. The topological polar surface area (TPSA) is 185 Å². The van der Waals surface area contributed by atoms with Gasteiger partial charge in [0.15, 0.2) is 0 Å². The lowest BCUT2D eigenvalue weighted by molar-refractivity contribution is -0.244. The second-order valence-electron chi connectivity index (χ2n) is 16.2. The highest BCUT2D eigenvalue weighted by molar-refractivity contribution is 7.91. The molecule has 1 aromatic heterocycles. The molecule has 2 aromatic rings. The first-order valence-electron chi connectivity index (χ1n) is 18.9. The Bertz CT molecular complexity index is 2010. The molecule has 3 amide bonds. The normalized spacial score (nSPS) is 29.9. The number of sulfonamides is 1. The number of hydrogen-bond acceptors (Lipinski definition) is 10. The predicted molar refractivity (Wildman–Crippen MR) is 198 cm³/mol. The number of amides is 3. The fraction of sp³-hybridized carbons (Fsp3) is 0.632. The predicted octanol–water partition coefficient (Wildman–Crippen LogP) is 4.61. The van der Waals surface area contributed by atoms with E-state index in [0.717, 1.165) is 4.90 Å². The van der Waals surface area contributed by atoms with E-state index in [9.17, 15) is 45.5 Å². The first-order valence-corrected chi connectivity index (χ1v) is 20.4. The van der Waals surface area contributed by atoms with Gasteiger partial charge < -0.3 is 34.9 Å². The molecule has 0 radical (unpaired) electrons. The fourth-order valence-electron chi connectivity index (χ4n) is 7.64. The van der Waals surface area contributed by atoms with Crippen LogP contribution in [-0.4, -0.2) is 102 Å². The minimum absolute atomic E-state index is 0.0604. The highest BCUT2D eigenvalue weighted by Crippen LogP contribution is 2.50. The molecule has 19 heteroatoms. The second-order valence-corrected chi connectivity index (χ2v) is 18.2. The molecule has 4 aliphatic rings. The van der Waals surface area contributed by atoms with Gasteiger partial charge in [-0.25, -0.2) is 22.6 Å². The standard InChI is InChI=1S/C38H49F4N5O9S/c1-21-10-6-7-11-23-18-37(23,33(50)46-57(52,53)36(39)14-15-36)45-30(48)27-17-24(55-31-26-13-9-8-12-25(26)28(54-5)19-43-31)20-47(27)32(49)29(22(2)16-21)44-34(51)56-35(3,4)38(40,41)42/h7-9,11-13,19,21-24,27,29,33,46,50H,6,10,14-18,20H2,1-5H3,(H,44,51)(H,45,48). The van der Waals surface area contributed by atoms with Gasteiger partial charge in [0.2, 0.25) is 38.3 Å². The molecule has 6 rings (SSSR count). The first kappa shape index (κ1) is 42.4. The van der Waals surface area contributed by atoms with E-state index < -0.39 is 86.5 Å². The Morgan fingerprint density at radius 3 is 2.46 bits per heavy atom. The van der Waals surface area contributed by atoms with Crippen molar-refractivity contribution in [1.29, 1.82) is 0 Å². The van der Waals surface area contributed by atoms with Crippen molar-refractivity contribution in [3.05, 3.63) is 42.6 Å². The van der Waals surface area contributed by atoms with Crippen LogP contribution in [0.2, 0.25) is 0 Å². The molecule has 2 aliphatic heterocycles. The summed E-state index contributed by atoms with van der Waals surface area (Å²) >= 11 is 0. The number of benzene rings is 1. The Labute approximate surface area is 328 Å². The van der Waals surface area contributed by atoms with E-state index >= 15 is 0 Å². The molecular weight excluding hydrogens is 779 g/mol. The number of alkyl carbamates (subject to hydrolysis) is 1. The van der Waals surface area contributed by atoms with Crippen LogP contribution >= 0.6 is 0 Å². The molecule has 0 bridgehead atoms. The molecule has 3 fully saturated rings. The summed E-state index contributed by atoms with van der Waals surface area (Å²) in [6.45, 7) is 4.70. The molecular formula is C38H49F4N5O9S. The first-order chi connectivity index (χ1) is 26.6. The number of methoxy groups -OCH3 is 1. The van der Waals surface area contributed by atoms with Gasteiger partial charge in [0, 0.05) is 36.0 Å². The Hall–Kier alpha value is -4.23. The average Bonchev–Trinajstić information content (AvgIpc) is 4.01. The van der Waals surface area contributed by atoms with Gasteiger partial charge in [-0.2, -0.15) is 17.9 Å². The number of aromatic nitrogens is 1. The molecule has 2 aliphatic carbocycles. The van der Waals surface area contributed by atoms with E-state index in [1.54, 1.807) is 37.3 Å². The second kappa shape index (κ2) is 15.5. The number of carbonyl (C=O) groups excluding carboxylic acids is 3. The van der Waals surface area contributed by atoms with Crippen molar-refractivity contribution in [2.24, 2.45) is 17.8 Å². The van der Waals surface area contributed by atoms with Crippen LogP contribution < -0.4 is 24.8 Å². The van der Waals surface area contributed by atoms with E-state index in [4.69, 9.17) is 14.2 Å². The third-order valence-corrected chi connectivity index (χ3v) is 13.4. The zero-order chi connectivity index (χ0) is 41.7. The van der Waals surface area contributed by atoms with Gasteiger partial charge in [-0.1, -0.05) is 44.2 Å². The van der Waals surface area contributed by atoms with Crippen LogP contribution in [0.15, 0.2) is 42.6 Å². The summed E-state index contributed by atoms with van der Waals surface area (Å²) < 4.78 is 100. The number of hydrogen-bond donors (Lipinski definition) is 4. The van der Waals surface area contributed by atoms with Crippen molar-refractivity contribution in [3.8, 4) is 11.6 Å². The molecule has 8 atom stereocenters. The van der Waals surface area contributed by atoms with Crippen LogP contribution in [0, 0.1) is 17.8 Å². The fourth-order valence-corrected chi connectivity index (χ4v) is 9.00. The van der Waals surface area contributed by atoms with E-state index in [2.05, 4.69) is 15.6 Å². The van der Waals surface area contributed by atoms with Gasteiger partial charge in [0.1, 0.15) is 30.2 Å². The van der Waals surface area contributed by atoms with Crippen molar-refractivity contribution in [2.75, 3.05) is 13.7 Å². The lowest BCUT2D eigenvalue weighted by atomic mass is 9.88. The van der Waals surface area contributed by atoms with Crippen LogP contribution in [0.5, 0.6) is 11.6 Å². The van der Waals surface area contributed by atoms with E-state index in [-0.39, 0.29) is 44.0 Å². The number of carbonyl (C=O) groups is 3. The van der Waals surface area contributed by atoms with E-state index in [1.165, 1.54) is 13.3 Å². The van der Waals surface area contributed by atoms with Crippen LogP contribution in [-0.2, 0) is 24.3 Å². The van der Waals surface area contributed by atoms with Gasteiger partial charge in [0.25, 0.3) is 0 Å². The number of halogens is 4. The highest BCUT2D eigenvalue weighted by Gasteiger charge is 2.64. The summed E-state index contributed by atoms with van der Waals surface area (Å²) in [5.74, 6) is -2.28. The van der Waals surface area contributed by atoms with Gasteiger partial charge >= 0.3 is 12.3 Å². The Morgan fingerprint density at radius 1 is 1.12 bits per heavy atom. The Morgan fingerprint density at radius 2 is 1.81 bits per heavy atom. The largest absolute Gasteiger partial charge is 0.494 e. The number of ether oxygens (including phenoxy) is 3. The molecule has 4 N–H and O–H groups in total. The molecule has 314 valence electrons. The number of fused-ring (bicyclic) bond motifs is 3. The Balaban J connectivity index is 1.35. The Kier molecular flexibility index (Phi) is 11.5. The summed E-state index contributed by atoms with van der Waals surface area (Å²) in [6, 6.07) is 4.29. The maximum absolute atomic E-state index is 14.8. The van der Waals surface area contributed by atoms with Crippen molar-refractivity contribution in [1.82, 2.24) is 25.2 Å². The SMILES string of the molecule is COc1cnc(OC2CC3C(=O)NC4(C(O)NS(=O)(=O)C5(F)CC5)CC4C=CCCC(C)CC(C)C(NC(=O)OC(C)(C)C(F)(F)F)C(=O)N3C2)c2ccccc12. The van der Waals surface area contributed by atoms with Crippen molar-refractivity contribution >= 4 is 38.7 Å². The molecule has 0 spiro atoms. The minimum Gasteiger partial charge on any atom is -0.494 e. The van der Waals surface area contributed by atoms with Crippen molar-refractivity contribution in [3.63, 3.8) is 0 Å². The highest BCUT2D eigenvalue weighted by atomic mass is 32.2. The minimum atomic E-state index is -4.93. The monoisotopic (exact) mass is 827 g/mol. The van der Waals surface area contributed by atoms with Crippen molar-refractivity contribution < 1.29 is 59.7 Å². The molecule has 3 heterocycles. The number of rotatable bonds is 9. The van der Waals surface area contributed by atoms with E-state index in [1.807, 2.05) is 17.7 Å². The number of alkyl halides is 4. The zero-order valence-corrected chi connectivity index (χ0v) is 33.1. The van der Waals surface area contributed by atoms with Gasteiger partial charge in [0.05, 0.1) is 25.4 Å². The van der Waals surface area contributed by atoms with E-state index in [0.29, 0.717) is 49.6 Å². The lowest BCUT2D eigenvalue weighted by Crippen LogP contribution is -2.61. The molecule has 1 saturated heterocycles. The van der Waals surface area contributed by atoms with Gasteiger partial charge in [-0.15, -0.1) is 0 Å². The van der Waals surface area contributed by atoms with Gasteiger partial charge in [-0.3, -0.25) is 9.59 Å². The smallest absolute Gasteiger partial charge is 0.427 e. The van der Waals surface area contributed by atoms with Crippen LogP contribution in [0.3, 0.4) is 0 Å². The maximum Gasteiger partial charge on any atom is 0.427 e. The number of aliphatic hydroxyl groups is 1. The lowest BCUT2D eigenvalue weighted by Gasteiger charge is -2.34. The third-order valence-electron chi connectivity index (χ3n) is 11.5. The molecule has 8 unspecified atom stereocenters. The van der Waals surface area contributed by atoms with Crippen molar-refractivity contribution in [2.45, 2.75) is 119 Å². The third kappa shape index (κ3) is 8.65. The summed E-state index contributed by atoms with van der Waals surface area (Å²) in [6.07, 6.45) is -3.33. The summed E-state index contributed by atoms with van der Waals surface area (Å²) in [7, 11) is -3.16. The maximum atomic E-state index is 14.8. The molecule has 57 heavy (non-hydrogen) atoms. The van der Waals surface area contributed by atoms with Crippen LogP contribution in [0.25, 0.3) is 10.8 Å². The molecule has 14 nitrogen and oxygen atoms in total.